The predicted molar refractivity (Wildman–Crippen MR) is 70.8 cm³/mol. The Hall–Kier alpha value is -1.68. The van der Waals surface area contributed by atoms with Gasteiger partial charge in [-0.1, -0.05) is 0 Å². The molecule has 2 rings (SSSR count). The molecular formula is C11H17N3O6S. The van der Waals surface area contributed by atoms with Crippen molar-refractivity contribution in [2.45, 2.75) is 31.1 Å². The summed E-state index contributed by atoms with van der Waals surface area (Å²) < 4.78 is 26.1. The van der Waals surface area contributed by atoms with Crippen LogP contribution in [0.1, 0.15) is 19.8 Å². The topological polar surface area (TPSA) is 133 Å². The second-order valence-corrected chi connectivity index (χ2v) is 7.31. The second-order valence-electron chi connectivity index (χ2n) is 5.25. The highest BCUT2D eigenvalue weighted by molar-refractivity contribution is 7.90. The number of nitrogens with zero attached hydrogens (tertiary/aromatic N) is 1. The lowest BCUT2D eigenvalue weighted by Crippen LogP contribution is -2.65. The molecule has 3 unspecified atom stereocenters. The number of amides is 3. The van der Waals surface area contributed by atoms with Crippen LogP contribution in [-0.4, -0.2) is 60.1 Å². The number of aliphatic carboxylic acids is 1. The average Bonchev–Trinajstić information content (AvgIpc) is 2.37. The van der Waals surface area contributed by atoms with Gasteiger partial charge in [0, 0.05) is 13.1 Å². The van der Waals surface area contributed by atoms with Gasteiger partial charge in [-0.3, -0.25) is 14.9 Å². The Morgan fingerprint density at radius 2 is 2.05 bits per heavy atom. The highest BCUT2D eigenvalue weighted by Crippen LogP contribution is 2.23. The fraction of sp³-hybridized carbons (Fsp3) is 0.727. The first-order valence-electron chi connectivity index (χ1n) is 6.56. The molecule has 10 heteroatoms. The number of hydrogen-bond donors (Lipinski definition) is 3. The Morgan fingerprint density at radius 3 is 2.62 bits per heavy atom. The van der Waals surface area contributed by atoms with E-state index in [4.69, 9.17) is 5.11 Å². The number of sulfonamides is 1. The highest BCUT2D eigenvalue weighted by atomic mass is 32.2. The van der Waals surface area contributed by atoms with Gasteiger partial charge in [-0.15, -0.1) is 0 Å². The van der Waals surface area contributed by atoms with Crippen LogP contribution < -0.4 is 10.6 Å². The van der Waals surface area contributed by atoms with Gasteiger partial charge in [0.15, 0.2) is 5.25 Å². The Balaban J connectivity index is 2.22. The van der Waals surface area contributed by atoms with Crippen molar-refractivity contribution in [1.29, 1.82) is 0 Å². The molecule has 118 valence electrons. The third-order valence-corrected chi connectivity index (χ3v) is 6.04. The van der Waals surface area contributed by atoms with Crippen LogP contribution >= 0.6 is 0 Å². The molecule has 0 aliphatic carbocycles. The zero-order valence-corrected chi connectivity index (χ0v) is 12.2. The molecule has 3 N–H and O–H groups in total. The van der Waals surface area contributed by atoms with Crippen molar-refractivity contribution in [1.82, 2.24) is 14.9 Å². The van der Waals surface area contributed by atoms with E-state index in [0.29, 0.717) is 12.8 Å². The summed E-state index contributed by atoms with van der Waals surface area (Å²) >= 11 is 0. The largest absolute Gasteiger partial charge is 0.481 e. The Kier molecular flexibility index (Phi) is 4.19. The van der Waals surface area contributed by atoms with Crippen LogP contribution in [0.3, 0.4) is 0 Å². The van der Waals surface area contributed by atoms with E-state index in [1.807, 2.05) is 5.32 Å². The van der Waals surface area contributed by atoms with Crippen LogP contribution in [0.2, 0.25) is 0 Å². The monoisotopic (exact) mass is 319 g/mol. The summed E-state index contributed by atoms with van der Waals surface area (Å²) in [5.74, 6) is -2.71. The van der Waals surface area contributed by atoms with Crippen molar-refractivity contribution in [2.24, 2.45) is 5.92 Å². The zero-order valence-electron chi connectivity index (χ0n) is 11.4. The molecule has 0 aromatic carbocycles. The number of urea groups is 1. The minimum absolute atomic E-state index is 0.151. The lowest BCUT2D eigenvalue weighted by Gasteiger charge is -2.35. The summed E-state index contributed by atoms with van der Waals surface area (Å²) in [6.45, 7) is 1.45. The Morgan fingerprint density at radius 1 is 1.38 bits per heavy atom. The maximum Gasteiger partial charge on any atom is 0.321 e. The molecule has 0 aromatic rings. The SMILES string of the molecule is CC1NC(=O)NC(=O)C1S(=O)(=O)N1CCCC(C(=O)O)C1. The molecule has 21 heavy (non-hydrogen) atoms. The van der Waals surface area contributed by atoms with E-state index in [2.05, 4.69) is 5.32 Å². The lowest BCUT2D eigenvalue weighted by atomic mass is 10.0. The van der Waals surface area contributed by atoms with Crippen LogP contribution in [0.4, 0.5) is 4.79 Å². The predicted octanol–water partition coefficient (Wildman–Crippen LogP) is -1.29. The van der Waals surface area contributed by atoms with E-state index < -0.39 is 45.1 Å². The lowest BCUT2D eigenvalue weighted by molar-refractivity contribution is -0.142. The molecule has 2 aliphatic heterocycles. The van der Waals surface area contributed by atoms with Crippen LogP contribution in [0, 0.1) is 5.92 Å². The number of rotatable bonds is 3. The smallest absolute Gasteiger partial charge is 0.321 e. The third kappa shape index (κ3) is 3.00. The third-order valence-electron chi connectivity index (χ3n) is 3.72. The molecule has 0 radical (unpaired) electrons. The molecule has 9 nitrogen and oxygen atoms in total. The van der Waals surface area contributed by atoms with Gasteiger partial charge in [0.05, 0.1) is 12.0 Å². The van der Waals surface area contributed by atoms with E-state index >= 15 is 0 Å². The molecule has 0 saturated carbocycles. The summed E-state index contributed by atoms with van der Waals surface area (Å²) in [4.78, 5) is 34.0. The van der Waals surface area contributed by atoms with Gasteiger partial charge in [0.2, 0.25) is 15.9 Å². The Bertz CT molecular complexity index is 575. The van der Waals surface area contributed by atoms with Gasteiger partial charge in [-0.05, 0) is 19.8 Å². The number of carboxylic acids is 1. The molecule has 2 fully saturated rings. The van der Waals surface area contributed by atoms with Crippen LogP contribution in [-0.2, 0) is 19.6 Å². The van der Waals surface area contributed by atoms with Gasteiger partial charge in [-0.25, -0.2) is 17.5 Å². The van der Waals surface area contributed by atoms with Gasteiger partial charge < -0.3 is 10.4 Å². The van der Waals surface area contributed by atoms with Crippen molar-refractivity contribution in [3.63, 3.8) is 0 Å². The van der Waals surface area contributed by atoms with Gasteiger partial charge in [0.25, 0.3) is 0 Å². The summed E-state index contributed by atoms with van der Waals surface area (Å²) in [5, 5.41) is 11.8. The number of carbonyl (C=O) groups excluding carboxylic acids is 2. The van der Waals surface area contributed by atoms with Crippen molar-refractivity contribution in [3.05, 3.63) is 0 Å². The number of imide groups is 1. The number of nitrogens with one attached hydrogen (secondary N) is 2. The summed E-state index contributed by atoms with van der Waals surface area (Å²) in [5.41, 5.74) is 0. The average molecular weight is 319 g/mol. The first kappa shape index (κ1) is 15.7. The summed E-state index contributed by atoms with van der Waals surface area (Å²) in [7, 11) is -4.03. The van der Waals surface area contributed by atoms with Crippen LogP contribution in [0.15, 0.2) is 0 Å². The van der Waals surface area contributed by atoms with Gasteiger partial charge >= 0.3 is 12.0 Å². The van der Waals surface area contributed by atoms with Crippen LogP contribution in [0.5, 0.6) is 0 Å². The number of piperidine rings is 1. The Labute approximate surface area is 121 Å². The molecule has 3 amide bonds. The first-order valence-corrected chi connectivity index (χ1v) is 8.07. The second kappa shape index (κ2) is 5.60. The van der Waals surface area contributed by atoms with E-state index in [9.17, 15) is 22.8 Å². The fourth-order valence-corrected chi connectivity index (χ4v) is 4.66. The highest BCUT2D eigenvalue weighted by Gasteiger charge is 2.46. The maximum atomic E-state index is 12.6. The molecule has 0 aromatic heterocycles. The van der Waals surface area contributed by atoms with Crippen molar-refractivity contribution < 1.29 is 27.9 Å². The van der Waals surface area contributed by atoms with E-state index in [1.54, 1.807) is 0 Å². The molecule has 2 heterocycles. The minimum Gasteiger partial charge on any atom is -0.481 e. The standard InChI is InChI=1S/C11H17N3O6S/c1-6-8(9(15)13-11(18)12-6)21(19,20)14-4-2-3-7(5-14)10(16)17/h6-8H,2-5H2,1H3,(H,16,17)(H2,12,13,15,18). The van der Waals surface area contributed by atoms with Crippen molar-refractivity contribution >= 4 is 27.9 Å². The molecule has 0 bridgehead atoms. The quantitative estimate of drug-likeness (QED) is 0.593. The van der Waals surface area contributed by atoms with Crippen molar-refractivity contribution in [2.75, 3.05) is 13.1 Å². The van der Waals surface area contributed by atoms with Gasteiger partial charge in [0.1, 0.15) is 0 Å². The number of carbonyl (C=O) groups is 3. The van der Waals surface area contributed by atoms with Crippen molar-refractivity contribution in [3.8, 4) is 0 Å². The molecular weight excluding hydrogens is 302 g/mol. The first-order chi connectivity index (χ1) is 9.73. The molecule has 3 atom stereocenters. The fourth-order valence-electron chi connectivity index (χ4n) is 2.66. The summed E-state index contributed by atoms with van der Waals surface area (Å²) in [6.07, 6.45) is 0.829. The normalized spacial score (nSPS) is 31.4. The molecule has 2 aliphatic rings. The van der Waals surface area contributed by atoms with E-state index in [0.717, 1.165) is 4.31 Å². The molecule has 2 saturated heterocycles. The molecule has 0 spiro atoms. The minimum atomic E-state index is -4.03. The summed E-state index contributed by atoms with van der Waals surface area (Å²) in [6, 6.07) is -1.61. The van der Waals surface area contributed by atoms with E-state index in [1.165, 1.54) is 6.92 Å². The number of hydrogen-bond acceptors (Lipinski definition) is 5. The number of carboxylic acid groups (broad SMARTS) is 1. The zero-order chi connectivity index (χ0) is 15.8. The van der Waals surface area contributed by atoms with Crippen LogP contribution in [0.25, 0.3) is 0 Å². The van der Waals surface area contributed by atoms with Gasteiger partial charge in [-0.2, -0.15) is 0 Å². The maximum absolute atomic E-state index is 12.6. The van der Waals surface area contributed by atoms with E-state index in [-0.39, 0.29) is 13.1 Å².